The lowest BCUT2D eigenvalue weighted by Gasteiger charge is -2.36. The first-order chi connectivity index (χ1) is 22.0. The molecule has 2 aromatic rings. The Labute approximate surface area is 271 Å². The second-order valence-electron chi connectivity index (χ2n) is 13.2. The minimum absolute atomic E-state index is 0.0135. The third kappa shape index (κ3) is 8.92. The lowest BCUT2D eigenvalue weighted by molar-refractivity contribution is -0.138. The third-order valence-corrected chi connectivity index (χ3v) is 9.17. The number of likely N-dealkylation sites (N-methyl/N-ethyl adjacent to an activating group) is 1. The summed E-state index contributed by atoms with van der Waals surface area (Å²) in [6, 6.07) is 4.40. The van der Waals surface area contributed by atoms with E-state index in [1.165, 1.54) is 12.1 Å². The van der Waals surface area contributed by atoms with E-state index in [9.17, 15) is 19.2 Å². The smallest absolute Gasteiger partial charge is 0.270 e. The SMILES string of the molecule is CCC(=O)N[C@@H](C(=O)N1CCN(C)CC1)[C@@H](C)c1ccc(NC(=O)[C@@H](NC(=O)c2ccnn2CC(C)C)C2CCCCC2)c(F)c1. The van der Waals surface area contributed by atoms with Gasteiger partial charge in [-0.25, -0.2) is 4.39 Å². The molecule has 252 valence electrons. The van der Waals surface area contributed by atoms with E-state index >= 15 is 4.39 Å². The summed E-state index contributed by atoms with van der Waals surface area (Å²) in [5.41, 5.74) is 0.887. The molecule has 0 unspecified atom stereocenters. The van der Waals surface area contributed by atoms with Crippen molar-refractivity contribution in [1.29, 1.82) is 0 Å². The van der Waals surface area contributed by atoms with Gasteiger partial charge in [-0.2, -0.15) is 5.10 Å². The van der Waals surface area contributed by atoms with Crippen molar-refractivity contribution in [3.05, 3.63) is 47.5 Å². The number of rotatable bonds is 12. The normalized spacial score (nSPS) is 18.1. The van der Waals surface area contributed by atoms with E-state index in [2.05, 4.69) is 25.9 Å². The van der Waals surface area contributed by atoms with Crippen LogP contribution >= 0.6 is 0 Å². The Morgan fingerprint density at radius 1 is 0.978 bits per heavy atom. The van der Waals surface area contributed by atoms with Crippen LogP contribution in [0.15, 0.2) is 30.5 Å². The van der Waals surface area contributed by atoms with Gasteiger partial charge in [-0.1, -0.05) is 53.0 Å². The molecule has 0 radical (unpaired) electrons. The molecule has 2 heterocycles. The average Bonchev–Trinajstić information content (AvgIpc) is 3.50. The lowest BCUT2D eigenvalue weighted by Crippen LogP contribution is -2.55. The van der Waals surface area contributed by atoms with Crippen molar-refractivity contribution >= 4 is 29.3 Å². The zero-order chi connectivity index (χ0) is 33.4. The van der Waals surface area contributed by atoms with E-state index in [1.807, 2.05) is 20.9 Å². The van der Waals surface area contributed by atoms with Crippen LogP contribution < -0.4 is 16.0 Å². The van der Waals surface area contributed by atoms with Gasteiger partial charge >= 0.3 is 0 Å². The van der Waals surface area contributed by atoms with Gasteiger partial charge in [-0.3, -0.25) is 23.9 Å². The number of benzene rings is 1. The van der Waals surface area contributed by atoms with Crippen molar-refractivity contribution in [2.75, 3.05) is 38.5 Å². The summed E-state index contributed by atoms with van der Waals surface area (Å²) in [4.78, 5) is 56.9. The summed E-state index contributed by atoms with van der Waals surface area (Å²) < 4.78 is 17.3. The Bertz CT molecular complexity index is 1360. The van der Waals surface area contributed by atoms with Gasteiger partial charge in [0.1, 0.15) is 23.6 Å². The zero-order valence-corrected chi connectivity index (χ0v) is 27.9. The molecule has 2 fully saturated rings. The predicted octanol–water partition coefficient (Wildman–Crippen LogP) is 3.77. The maximum atomic E-state index is 15.6. The maximum absolute atomic E-state index is 15.6. The molecule has 2 aliphatic rings. The average molecular weight is 640 g/mol. The summed E-state index contributed by atoms with van der Waals surface area (Å²) in [6.45, 7) is 10.7. The summed E-state index contributed by atoms with van der Waals surface area (Å²) in [6.07, 6.45) is 6.35. The third-order valence-electron chi connectivity index (χ3n) is 9.17. The van der Waals surface area contributed by atoms with Crippen LogP contribution in [0.1, 0.15) is 88.2 Å². The van der Waals surface area contributed by atoms with Crippen LogP contribution in [-0.2, 0) is 20.9 Å². The van der Waals surface area contributed by atoms with Crippen LogP contribution in [0.4, 0.5) is 10.1 Å². The van der Waals surface area contributed by atoms with Crippen molar-refractivity contribution < 1.29 is 23.6 Å². The van der Waals surface area contributed by atoms with E-state index in [0.717, 1.165) is 45.2 Å². The highest BCUT2D eigenvalue weighted by molar-refractivity contribution is 6.00. The number of halogens is 1. The predicted molar refractivity (Wildman–Crippen MR) is 175 cm³/mol. The fourth-order valence-electron chi connectivity index (χ4n) is 6.32. The maximum Gasteiger partial charge on any atom is 0.270 e. The largest absolute Gasteiger partial charge is 0.344 e. The molecule has 11 nitrogen and oxygen atoms in total. The van der Waals surface area contributed by atoms with E-state index in [1.54, 1.807) is 41.8 Å². The Kier molecular flexibility index (Phi) is 12.3. The minimum atomic E-state index is -0.856. The molecular weight excluding hydrogens is 589 g/mol. The highest BCUT2D eigenvalue weighted by Gasteiger charge is 2.34. The molecule has 12 heteroatoms. The first kappa shape index (κ1) is 35.1. The second-order valence-corrected chi connectivity index (χ2v) is 13.2. The summed E-state index contributed by atoms with van der Waals surface area (Å²) in [5.74, 6) is -2.30. The number of piperazine rings is 1. The van der Waals surface area contributed by atoms with Crippen LogP contribution in [0.3, 0.4) is 0 Å². The number of aromatic nitrogens is 2. The van der Waals surface area contributed by atoms with Crippen LogP contribution in [0, 0.1) is 17.7 Å². The molecule has 1 saturated carbocycles. The summed E-state index contributed by atoms with van der Waals surface area (Å²) in [7, 11) is 2.00. The Balaban J connectivity index is 1.51. The number of hydrogen-bond acceptors (Lipinski definition) is 6. The molecule has 1 aliphatic carbocycles. The highest BCUT2D eigenvalue weighted by Crippen LogP contribution is 2.29. The molecule has 4 amide bonds. The lowest BCUT2D eigenvalue weighted by atomic mass is 9.83. The molecule has 1 aromatic carbocycles. The van der Waals surface area contributed by atoms with Crippen LogP contribution in [0.2, 0.25) is 0 Å². The second kappa shape index (κ2) is 16.2. The standard InChI is InChI=1S/C34H50FN7O4/c1-6-29(43)38-30(34(46)41-18-16-40(5)17-19-41)23(4)25-12-13-27(26(35)20-25)37-33(45)31(24-10-8-7-9-11-24)39-32(44)28-14-15-36-42(28)21-22(2)3/h12-15,20,22-24,30-31H,6-11,16-19,21H2,1-5H3,(H,37,45)(H,38,43)(H,39,44)/t23-,30+,31-/m0/s1. The van der Waals surface area contributed by atoms with Gasteiger partial charge < -0.3 is 25.8 Å². The van der Waals surface area contributed by atoms with Crippen molar-refractivity contribution in [2.45, 2.75) is 90.8 Å². The van der Waals surface area contributed by atoms with E-state index < -0.39 is 35.6 Å². The van der Waals surface area contributed by atoms with Crippen LogP contribution in [0.25, 0.3) is 0 Å². The molecule has 4 rings (SSSR count). The molecule has 1 saturated heterocycles. The quantitative estimate of drug-likeness (QED) is 0.325. The van der Waals surface area contributed by atoms with Gasteiger partial charge in [-0.15, -0.1) is 0 Å². The first-order valence-electron chi connectivity index (χ1n) is 16.7. The van der Waals surface area contributed by atoms with Crippen molar-refractivity contribution in [1.82, 2.24) is 30.2 Å². The van der Waals surface area contributed by atoms with E-state index in [0.29, 0.717) is 30.9 Å². The fourth-order valence-corrected chi connectivity index (χ4v) is 6.32. The Hall–Kier alpha value is -3.80. The van der Waals surface area contributed by atoms with Crippen molar-refractivity contribution in [3.63, 3.8) is 0 Å². The number of nitrogens with one attached hydrogen (secondary N) is 3. The Morgan fingerprint density at radius 3 is 2.30 bits per heavy atom. The molecule has 3 atom stereocenters. The van der Waals surface area contributed by atoms with Gasteiger partial charge in [0.05, 0.1) is 5.69 Å². The van der Waals surface area contributed by atoms with Crippen LogP contribution in [-0.4, -0.2) is 88.5 Å². The topological polar surface area (TPSA) is 129 Å². The number of carbonyl (C=O) groups is 4. The molecule has 3 N–H and O–H groups in total. The van der Waals surface area contributed by atoms with E-state index in [4.69, 9.17) is 0 Å². The monoisotopic (exact) mass is 639 g/mol. The zero-order valence-electron chi connectivity index (χ0n) is 27.9. The number of hydrogen-bond donors (Lipinski definition) is 3. The van der Waals surface area contributed by atoms with Gasteiger partial charge in [0, 0.05) is 51.3 Å². The van der Waals surface area contributed by atoms with Gasteiger partial charge in [-0.05, 0) is 55.5 Å². The number of nitrogens with zero attached hydrogens (tertiary/aromatic N) is 4. The van der Waals surface area contributed by atoms with Crippen molar-refractivity contribution in [3.8, 4) is 0 Å². The molecule has 1 aliphatic heterocycles. The van der Waals surface area contributed by atoms with Crippen LogP contribution in [0.5, 0.6) is 0 Å². The fraction of sp³-hybridized carbons (Fsp3) is 0.618. The molecular formula is C34H50FN7O4. The molecule has 0 bridgehead atoms. The molecule has 1 aromatic heterocycles. The highest BCUT2D eigenvalue weighted by atomic mass is 19.1. The van der Waals surface area contributed by atoms with Crippen molar-refractivity contribution in [2.24, 2.45) is 11.8 Å². The van der Waals surface area contributed by atoms with Gasteiger partial charge in [0.15, 0.2) is 0 Å². The van der Waals surface area contributed by atoms with E-state index in [-0.39, 0.29) is 35.8 Å². The molecule has 0 spiro atoms. The molecule has 46 heavy (non-hydrogen) atoms. The minimum Gasteiger partial charge on any atom is -0.344 e. The summed E-state index contributed by atoms with van der Waals surface area (Å²) in [5, 5.41) is 12.8. The van der Waals surface area contributed by atoms with Gasteiger partial charge in [0.2, 0.25) is 17.7 Å². The number of amides is 4. The number of anilines is 1. The van der Waals surface area contributed by atoms with Gasteiger partial charge in [0.25, 0.3) is 5.91 Å². The first-order valence-corrected chi connectivity index (χ1v) is 16.7. The summed E-state index contributed by atoms with van der Waals surface area (Å²) >= 11 is 0. The number of carbonyl (C=O) groups excluding carboxylic acids is 4. The Morgan fingerprint density at radius 2 is 1.67 bits per heavy atom.